The van der Waals surface area contributed by atoms with Crippen molar-refractivity contribution in [2.75, 3.05) is 25.0 Å². The first-order valence-corrected chi connectivity index (χ1v) is 10.7. The summed E-state index contributed by atoms with van der Waals surface area (Å²) in [5.41, 5.74) is 0.836. The lowest BCUT2D eigenvalue weighted by molar-refractivity contribution is 0.0404. The van der Waals surface area contributed by atoms with Crippen LogP contribution in [-0.2, 0) is 21.8 Å². The molecule has 1 aliphatic rings. The van der Waals surface area contributed by atoms with E-state index >= 15 is 0 Å². The Morgan fingerprint density at radius 2 is 2.15 bits per heavy atom. The molecule has 148 valence electrons. The predicted molar refractivity (Wildman–Crippen MR) is 105 cm³/mol. The zero-order valence-electron chi connectivity index (χ0n) is 15.7. The summed E-state index contributed by atoms with van der Waals surface area (Å²) >= 11 is 6.06. The van der Waals surface area contributed by atoms with Crippen LogP contribution in [0.4, 0.5) is 5.69 Å². The summed E-state index contributed by atoms with van der Waals surface area (Å²) in [4.78, 5) is 4.01. The van der Waals surface area contributed by atoms with E-state index < -0.39 is 10.0 Å². The molecule has 0 bridgehead atoms. The molecule has 1 fully saturated rings. The quantitative estimate of drug-likeness (QED) is 0.756. The number of nitrogens with zero attached hydrogens (tertiary/aromatic N) is 3. The molecule has 1 aliphatic heterocycles. The maximum Gasteiger partial charge on any atom is 0.262 e. The van der Waals surface area contributed by atoms with Crippen LogP contribution in [-0.4, -0.2) is 54.1 Å². The van der Waals surface area contributed by atoms with Crippen molar-refractivity contribution < 1.29 is 13.2 Å². The van der Waals surface area contributed by atoms with Crippen LogP contribution in [0.3, 0.4) is 0 Å². The van der Waals surface area contributed by atoms with Gasteiger partial charge in [-0.15, -0.1) is 0 Å². The first-order chi connectivity index (χ1) is 12.8. The van der Waals surface area contributed by atoms with Gasteiger partial charge >= 0.3 is 0 Å². The van der Waals surface area contributed by atoms with E-state index in [9.17, 15) is 8.42 Å². The second-order valence-corrected chi connectivity index (χ2v) is 9.55. The van der Waals surface area contributed by atoms with Crippen molar-refractivity contribution in [1.29, 1.82) is 0 Å². The molecule has 3 rings (SSSR count). The summed E-state index contributed by atoms with van der Waals surface area (Å²) in [5, 5.41) is 4.05. The molecule has 0 aliphatic carbocycles. The van der Waals surface area contributed by atoms with Gasteiger partial charge in [-0.2, -0.15) is 4.31 Å². The molecular weight excluding hydrogens is 388 g/mol. The van der Waals surface area contributed by atoms with E-state index in [1.807, 2.05) is 18.2 Å². The number of ether oxygens (including phenoxy) is 1. The van der Waals surface area contributed by atoms with E-state index in [2.05, 4.69) is 24.1 Å². The summed E-state index contributed by atoms with van der Waals surface area (Å²) in [6.07, 6.45) is 2.74. The smallest absolute Gasteiger partial charge is 0.262 e. The molecule has 1 saturated heterocycles. The topological polar surface area (TPSA) is 76.5 Å². The number of aromatic nitrogens is 2. The lowest BCUT2D eigenvalue weighted by Crippen LogP contribution is -2.35. The average Bonchev–Trinajstić information content (AvgIpc) is 3.20. The maximum atomic E-state index is 12.9. The molecule has 1 aromatic heterocycles. The number of halogens is 1. The van der Waals surface area contributed by atoms with E-state index in [0.717, 1.165) is 5.69 Å². The molecule has 0 spiro atoms. The highest BCUT2D eigenvalue weighted by molar-refractivity contribution is 7.89. The van der Waals surface area contributed by atoms with Crippen LogP contribution in [0.15, 0.2) is 41.8 Å². The maximum absolute atomic E-state index is 12.9. The lowest BCUT2D eigenvalue weighted by Gasteiger charge is -2.22. The molecule has 0 saturated carbocycles. The van der Waals surface area contributed by atoms with Crippen molar-refractivity contribution in [2.24, 2.45) is 13.0 Å². The predicted octanol–water partition coefficient (Wildman–Crippen LogP) is 2.60. The zero-order valence-corrected chi connectivity index (χ0v) is 17.2. The number of hydrogen-bond donors (Lipinski definition) is 1. The first kappa shape index (κ1) is 20.1. The second-order valence-electron chi connectivity index (χ2n) is 7.23. The number of benzene rings is 1. The van der Waals surface area contributed by atoms with Gasteiger partial charge in [0, 0.05) is 43.7 Å². The van der Waals surface area contributed by atoms with Gasteiger partial charge in [-0.05, 0) is 24.1 Å². The summed E-state index contributed by atoms with van der Waals surface area (Å²) in [6.45, 7) is 5.28. The number of hydrogen-bond acceptors (Lipinski definition) is 5. The van der Waals surface area contributed by atoms with Gasteiger partial charge in [0.25, 0.3) is 10.0 Å². The van der Waals surface area contributed by atoms with Crippen molar-refractivity contribution in [2.45, 2.75) is 31.0 Å². The number of anilines is 1. The van der Waals surface area contributed by atoms with Crippen LogP contribution >= 0.6 is 11.6 Å². The minimum absolute atomic E-state index is 0.0519. The van der Waals surface area contributed by atoms with Gasteiger partial charge in [0.15, 0.2) is 5.03 Å². The number of nitrogens with one attached hydrogen (secondary N) is 1. The minimum atomic E-state index is -3.67. The number of rotatable bonds is 7. The fourth-order valence-electron chi connectivity index (χ4n) is 3.01. The van der Waals surface area contributed by atoms with Crippen LogP contribution < -0.4 is 5.32 Å². The number of imidazole rings is 1. The van der Waals surface area contributed by atoms with E-state index in [1.54, 1.807) is 17.7 Å². The van der Waals surface area contributed by atoms with Crippen molar-refractivity contribution in [1.82, 2.24) is 13.9 Å². The SMILES string of the molecule is CC(C)COC1CN(S(=O)(=O)c2cn(C)cn2)CC1Nc1cccc(Cl)c1. The second kappa shape index (κ2) is 8.18. The molecule has 2 atom stereocenters. The third kappa shape index (κ3) is 4.82. The van der Waals surface area contributed by atoms with Crippen LogP contribution in [0.5, 0.6) is 0 Å². The third-order valence-electron chi connectivity index (χ3n) is 4.34. The summed E-state index contributed by atoms with van der Waals surface area (Å²) < 4.78 is 34.9. The molecule has 2 aromatic rings. The Hall–Kier alpha value is -1.61. The molecule has 7 nitrogen and oxygen atoms in total. The molecular formula is C18H25ClN4O3S. The monoisotopic (exact) mass is 412 g/mol. The summed E-state index contributed by atoms with van der Waals surface area (Å²) in [7, 11) is -1.92. The molecule has 0 amide bonds. The highest BCUT2D eigenvalue weighted by atomic mass is 35.5. The van der Waals surface area contributed by atoms with Gasteiger partial charge in [-0.1, -0.05) is 31.5 Å². The van der Waals surface area contributed by atoms with Crippen LogP contribution in [0, 0.1) is 5.92 Å². The first-order valence-electron chi connectivity index (χ1n) is 8.87. The van der Waals surface area contributed by atoms with Gasteiger partial charge in [-0.3, -0.25) is 0 Å². The van der Waals surface area contributed by atoms with Gasteiger partial charge in [0.2, 0.25) is 0 Å². The highest BCUT2D eigenvalue weighted by Gasteiger charge is 2.41. The summed E-state index contributed by atoms with van der Waals surface area (Å²) in [5.74, 6) is 0.360. The fourth-order valence-corrected chi connectivity index (χ4v) is 4.64. The zero-order chi connectivity index (χ0) is 19.6. The van der Waals surface area contributed by atoms with Crippen LogP contribution in [0.2, 0.25) is 5.02 Å². The molecule has 2 unspecified atom stereocenters. The normalized spacial score (nSPS) is 21.1. The third-order valence-corrected chi connectivity index (χ3v) is 6.29. The Morgan fingerprint density at radius 3 is 2.78 bits per heavy atom. The van der Waals surface area contributed by atoms with Gasteiger partial charge in [-0.25, -0.2) is 13.4 Å². The van der Waals surface area contributed by atoms with Gasteiger partial charge < -0.3 is 14.6 Å². The van der Waals surface area contributed by atoms with Crippen molar-refractivity contribution >= 4 is 27.3 Å². The van der Waals surface area contributed by atoms with Crippen molar-refractivity contribution in [3.8, 4) is 0 Å². The Morgan fingerprint density at radius 1 is 1.37 bits per heavy atom. The largest absolute Gasteiger partial charge is 0.378 e. The van der Waals surface area contributed by atoms with E-state index in [4.69, 9.17) is 16.3 Å². The Labute approximate surface area is 165 Å². The Balaban J connectivity index is 1.80. The van der Waals surface area contributed by atoms with Gasteiger partial charge in [0.1, 0.15) is 0 Å². The number of sulfonamides is 1. The van der Waals surface area contributed by atoms with E-state index in [1.165, 1.54) is 16.8 Å². The molecule has 9 heteroatoms. The lowest BCUT2D eigenvalue weighted by atomic mass is 10.2. The standard InChI is InChI=1S/C18H25ClN4O3S/c1-13(2)11-26-17-9-23(27(24,25)18-10-22(3)12-20-18)8-16(17)21-15-6-4-5-14(19)7-15/h4-7,10,12-13,16-17,21H,8-9,11H2,1-3H3. The average molecular weight is 413 g/mol. The van der Waals surface area contributed by atoms with Crippen LogP contribution in [0.25, 0.3) is 0 Å². The van der Waals surface area contributed by atoms with E-state index in [0.29, 0.717) is 24.1 Å². The van der Waals surface area contributed by atoms with Crippen molar-refractivity contribution in [3.05, 3.63) is 41.8 Å². The molecule has 1 N–H and O–H groups in total. The van der Waals surface area contributed by atoms with Crippen LogP contribution in [0.1, 0.15) is 13.8 Å². The van der Waals surface area contributed by atoms with E-state index in [-0.39, 0.29) is 23.7 Å². The van der Waals surface area contributed by atoms with Gasteiger partial charge in [0.05, 0.1) is 18.5 Å². The Bertz CT molecular complexity index is 884. The Kier molecular flexibility index (Phi) is 6.10. The summed E-state index contributed by atoms with van der Waals surface area (Å²) in [6, 6.07) is 7.19. The molecule has 1 aromatic carbocycles. The molecule has 0 radical (unpaired) electrons. The number of aryl methyl sites for hydroxylation is 1. The van der Waals surface area contributed by atoms with Crippen molar-refractivity contribution in [3.63, 3.8) is 0 Å². The molecule has 2 heterocycles. The highest BCUT2D eigenvalue weighted by Crippen LogP contribution is 2.25. The molecule has 27 heavy (non-hydrogen) atoms. The minimum Gasteiger partial charge on any atom is -0.378 e. The fraction of sp³-hybridized carbons (Fsp3) is 0.500.